The van der Waals surface area contributed by atoms with Gasteiger partial charge in [-0.15, -0.1) is 0 Å². The second kappa shape index (κ2) is 5.45. The first-order valence-corrected chi connectivity index (χ1v) is 6.47. The summed E-state index contributed by atoms with van der Waals surface area (Å²) in [6, 6.07) is 15.9. The van der Waals surface area contributed by atoms with E-state index in [0.29, 0.717) is 6.61 Å². The van der Waals surface area contributed by atoms with Gasteiger partial charge in [-0.2, -0.15) is 0 Å². The van der Waals surface area contributed by atoms with Crippen LogP contribution >= 0.6 is 0 Å². The van der Waals surface area contributed by atoms with Crippen LogP contribution in [0.5, 0.6) is 5.75 Å². The van der Waals surface area contributed by atoms with Gasteiger partial charge in [-0.3, -0.25) is 0 Å². The summed E-state index contributed by atoms with van der Waals surface area (Å²) in [6.45, 7) is 6.10. The van der Waals surface area contributed by atoms with Crippen LogP contribution in [0.3, 0.4) is 0 Å². The van der Waals surface area contributed by atoms with E-state index < -0.39 is 5.60 Å². The predicted octanol–water partition coefficient (Wildman–Crippen LogP) is 3.80. The summed E-state index contributed by atoms with van der Waals surface area (Å²) in [5, 5.41) is 10.0. The predicted molar refractivity (Wildman–Crippen MR) is 77.2 cm³/mol. The summed E-state index contributed by atoms with van der Waals surface area (Å²) in [7, 11) is 0. The Balaban J connectivity index is 2.16. The first-order valence-electron chi connectivity index (χ1n) is 6.47. The monoisotopic (exact) mass is 256 g/mol. The van der Waals surface area contributed by atoms with Gasteiger partial charge in [0.05, 0.1) is 5.60 Å². The molecule has 2 heteroatoms. The van der Waals surface area contributed by atoms with Gasteiger partial charge in [0.25, 0.3) is 0 Å². The molecule has 0 atom stereocenters. The van der Waals surface area contributed by atoms with Gasteiger partial charge in [0.15, 0.2) is 0 Å². The molecule has 0 spiro atoms. The third-order valence-corrected chi connectivity index (χ3v) is 3.13. The average molecular weight is 256 g/mol. The first-order chi connectivity index (χ1) is 8.97. The molecule has 2 nitrogen and oxygen atoms in total. The fraction of sp³-hybridized carbons (Fsp3) is 0.294. The topological polar surface area (TPSA) is 29.5 Å². The number of ether oxygens (including phenoxy) is 1. The van der Waals surface area contributed by atoms with Crippen molar-refractivity contribution in [3.63, 3.8) is 0 Å². The van der Waals surface area contributed by atoms with E-state index in [9.17, 15) is 5.11 Å². The molecule has 2 rings (SSSR count). The minimum Gasteiger partial charge on any atom is -0.489 e. The highest BCUT2D eigenvalue weighted by molar-refractivity contribution is 5.38. The third kappa shape index (κ3) is 3.58. The van der Waals surface area contributed by atoms with E-state index in [4.69, 9.17) is 4.74 Å². The molecule has 19 heavy (non-hydrogen) atoms. The van der Waals surface area contributed by atoms with E-state index in [1.54, 1.807) is 13.8 Å². The highest BCUT2D eigenvalue weighted by atomic mass is 16.5. The zero-order chi connectivity index (χ0) is 13.9. The van der Waals surface area contributed by atoms with Crippen molar-refractivity contribution in [2.45, 2.75) is 33.0 Å². The molecule has 0 aliphatic carbocycles. The molecule has 0 fully saturated rings. The highest BCUT2D eigenvalue weighted by Crippen LogP contribution is 2.27. The molecule has 0 radical (unpaired) electrons. The molecule has 0 heterocycles. The number of rotatable bonds is 4. The van der Waals surface area contributed by atoms with Crippen LogP contribution in [0.25, 0.3) is 0 Å². The van der Waals surface area contributed by atoms with Crippen LogP contribution in [0, 0.1) is 6.92 Å². The zero-order valence-electron chi connectivity index (χ0n) is 11.7. The van der Waals surface area contributed by atoms with Crippen molar-refractivity contribution in [3.8, 4) is 5.75 Å². The van der Waals surface area contributed by atoms with Crippen molar-refractivity contribution in [2.75, 3.05) is 0 Å². The Morgan fingerprint density at radius 1 is 1.05 bits per heavy atom. The Kier molecular flexibility index (Phi) is 3.91. The van der Waals surface area contributed by atoms with Crippen molar-refractivity contribution >= 4 is 0 Å². The molecule has 0 bridgehead atoms. The van der Waals surface area contributed by atoms with Gasteiger partial charge in [0.2, 0.25) is 0 Å². The maximum Gasteiger partial charge on any atom is 0.123 e. The van der Waals surface area contributed by atoms with E-state index in [-0.39, 0.29) is 0 Å². The Morgan fingerprint density at radius 2 is 1.74 bits per heavy atom. The van der Waals surface area contributed by atoms with Crippen LogP contribution in [-0.4, -0.2) is 5.11 Å². The van der Waals surface area contributed by atoms with Crippen LogP contribution in [0.1, 0.15) is 30.5 Å². The van der Waals surface area contributed by atoms with Crippen molar-refractivity contribution < 1.29 is 9.84 Å². The second-order valence-electron chi connectivity index (χ2n) is 5.31. The average Bonchev–Trinajstić information content (AvgIpc) is 2.37. The number of hydrogen-bond acceptors (Lipinski definition) is 2. The number of aliphatic hydroxyl groups is 1. The van der Waals surface area contributed by atoms with Gasteiger partial charge < -0.3 is 9.84 Å². The minimum absolute atomic E-state index is 0.539. The maximum absolute atomic E-state index is 10.0. The lowest BCUT2D eigenvalue weighted by Crippen LogP contribution is -2.15. The lowest BCUT2D eigenvalue weighted by atomic mass is 9.97. The molecule has 1 N–H and O–H groups in total. The lowest BCUT2D eigenvalue weighted by Gasteiger charge is -2.19. The molecule has 0 aromatic heterocycles. The molecule has 0 amide bonds. The Bertz CT molecular complexity index is 539. The molecular weight excluding hydrogens is 236 g/mol. The van der Waals surface area contributed by atoms with Crippen molar-refractivity contribution in [1.29, 1.82) is 0 Å². The van der Waals surface area contributed by atoms with Gasteiger partial charge in [0.1, 0.15) is 12.4 Å². The largest absolute Gasteiger partial charge is 0.489 e. The van der Waals surface area contributed by atoms with Gasteiger partial charge in [-0.25, -0.2) is 0 Å². The maximum atomic E-state index is 10.0. The molecule has 0 saturated heterocycles. The van der Waals surface area contributed by atoms with Crippen molar-refractivity contribution in [1.82, 2.24) is 0 Å². The molecule has 100 valence electrons. The Morgan fingerprint density at radius 3 is 2.37 bits per heavy atom. The van der Waals surface area contributed by atoms with Gasteiger partial charge in [0, 0.05) is 0 Å². The molecular formula is C17H20O2. The number of hydrogen-bond donors (Lipinski definition) is 1. The molecule has 0 aliphatic rings. The van der Waals surface area contributed by atoms with Gasteiger partial charge in [-0.05, 0) is 43.5 Å². The van der Waals surface area contributed by atoms with Crippen LogP contribution in [0.2, 0.25) is 0 Å². The summed E-state index contributed by atoms with van der Waals surface area (Å²) >= 11 is 0. The molecule has 2 aromatic rings. The Hall–Kier alpha value is -1.80. The van der Waals surface area contributed by atoms with Crippen molar-refractivity contribution in [3.05, 3.63) is 65.2 Å². The number of benzene rings is 2. The lowest BCUT2D eigenvalue weighted by molar-refractivity contribution is 0.0782. The molecule has 2 aromatic carbocycles. The van der Waals surface area contributed by atoms with E-state index in [2.05, 4.69) is 0 Å². The quantitative estimate of drug-likeness (QED) is 0.901. The third-order valence-electron chi connectivity index (χ3n) is 3.13. The summed E-state index contributed by atoms with van der Waals surface area (Å²) in [5.74, 6) is 0.823. The minimum atomic E-state index is -0.849. The van der Waals surface area contributed by atoms with Crippen molar-refractivity contribution in [2.24, 2.45) is 0 Å². The van der Waals surface area contributed by atoms with E-state index >= 15 is 0 Å². The SMILES string of the molecule is Cc1ccc(C(C)(C)O)cc1OCc1ccccc1. The summed E-state index contributed by atoms with van der Waals surface area (Å²) in [5.41, 5.74) is 2.22. The number of aryl methyl sites for hydroxylation is 1. The molecule has 0 aliphatic heterocycles. The Labute approximate surface area is 114 Å². The molecule has 0 unspecified atom stereocenters. The normalized spacial score (nSPS) is 11.4. The van der Waals surface area contributed by atoms with Gasteiger partial charge >= 0.3 is 0 Å². The van der Waals surface area contributed by atoms with Crippen LogP contribution in [-0.2, 0) is 12.2 Å². The summed E-state index contributed by atoms with van der Waals surface area (Å²) < 4.78 is 5.85. The van der Waals surface area contributed by atoms with Crippen LogP contribution in [0.4, 0.5) is 0 Å². The highest BCUT2D eigenvalue weighted by Gasteiger charge is 2.17. The van der Waals surface area contributed by atoms with E-state index in [0.717, 1.165) is 22.4 Å². The molecule has 0 saturated carbocycles. The summed E-state index contributed by atoms with van der Waals surface area (Å²) in [4.78, 5) is 0. The van der Waals surface area contributed by atoms with Crippen LogP contribution < -0.4 is 4.74 Å². The fourth-order valence-electron chi connectivity index (χ4n) is 1.87. The first kappa shape index (κ1) is 13.6. The van der Waals surface area contributed by atoms with Crippen LogP contribution in [0.15, 0.2) is 48.5 Å². The van der Waals surface area contributed by atoms with E-state index in [1.807, 2.05) is 55.5 Å². The zero-order valence-corrected chi connectivity index (χ0v) is 11.7. The van der Waals surface area contributed by atoms with Gasteiger partial charge in [-0.1, -0.05) is 42.5 Å². The smallest absolute Gasteiger partial charge is 0.123 e. The fourth-order valence-corrected chi connectivity index (χ4v) is 1.87. The standard InChI is InChI=1S/C17H20O2/c1-13-9-10-15(17(2,3)18)11-16(13)19-12-14-7-5-4-6-8-14/h4-11,18H,12H2,1-3H3. The second-order valence-corrected chi connectivity index (χ2v) is 5.31. The summed E-state index contributed by atoms with van der Waals surface area (Å²) in [6.07, 6.45) is 0. The van der Waals surface area contributed by atoms with E-state index in [1.165, 1.54) is 0 Å².